The second kappa shape index (κ2) is 4.16. The van der Waals surface area contributed by atoms with Crippen molar-refractivity contribution in [2.24, 2.45) is 0 Å². The van der Waals surface area contributed by atoms with E-state index in [0.29, 0.717) is 17.0 Å². The molecule has 1 N–H and O–H groups in total. The van der Waals surface area contributed by atoms with Crippen LogP contribution in [0.25, 0.3) is 17.0 Å². The van der Waals surface area contributed by atoms with E-state index in [4.69, 9.17) is 0 Å². The first kappa shape index (κ1) is 11.3. The van der Waals surface area contributed by atoms with Gasteiger partial charge in [-0.25, -0.2) is 4.79 Å². The first-order valence-electron chi connectivity index (χ1n) is 5.68. The van der Waals surface area contributed by atoms with Crippen molar-refractivity contribution in [1.82, 2.24) is 19.8 Å². The Bertz CT molecular complexity index is 779. The third kappa shape index (κ3) is 1.83. The van der Waals surface area contributed by atoms with E-state index in [9.17, 15) is 9.90 Å². The second-order valence-corrected chi connectivity index (χ2v) is 4.12. The predicted molar refractivity (Wildman–Crippen MR) is 67.9 cm³/mol. The van der Waals surface area contributed by atoms with Crippen LogP contribution >= 0.6 is 0 Å². The average Bonchev–Trinajstić information content (AvgIpc) is 2.81. The largest absolute Gasteiger partial charge is 0.478 e. The molecule has 0 fully saturated rings. The number of hydrogen-bond donors (Lipinski definition) is 1. The molecule has 19 heavy (non-hydrogen) atoms. The van der Waals surface area contributed by atoms with Crippen LogP contribution in [0, 0.1) is 6.92 Å². The Kier molecular flexibility index (Phi) is 2.49. The molecular formula is C13H10N4O2. The third-order valence-electron chi connectivity index (χ3n) is 2.79. The lowest BCUT2D eigenvalue weighted by molar-refractivity contribution is 0.0697. The molecule has 3 rings (SSSR count). The van der Waals surface area contributed by atoms with Gasteiger partial charge < -0.3 is 5.11 Å². The minimum atomic E-state index is -1.000. The molecule has 6 heteroatoms. The van der Waals surface area contributed by atoms with Crippen molar-refractivity contribution in [3.8, 4) is 11.4 Å². The van der Waals surface area contributed by atoms with Crippen molar-refractivity contribution in [1.29, 1.82) is 0 Å². The maximum absolute atomic E-state index is 11.2. The number of carbonyl (C=O) groups is 1. The first-order chi connectivity index (χ1) is 9.16. The van der Waals surface area contributed by atoms with Crippen molar-refractivity contribution >= 4 is 11.6 Å². The number of aryl methyl sites for hydroxylation is 1. The van der Waals surface area contributed by atoms with Gasteiger partial charge in [0.2, 0.25) is 0 Å². The van der Waals surface area contributed by atoms with Crippen LogP contribution < -0.4 is 0 Å². The van der Waals surface area contributed by atoms with E-state index in [1.807, 2.05) is 13.0 Å². The summed E-state index contributed by atoms with van der Waals surface area (Å²) in [6.45, 7) is 1.85. The molecule has 0 aliphatic heterocycles. The molecule has 6 nitrogen and oxygen atoms in total. The van der Waals surface area contributed by atoms with Gasteiger partial charge in [0.25, 0.3) is 0 Å². The number of benzene rings is 1. The summed E-state index contributed by atoms with van der Waals surface area (Å²) in [7, 11) is 0. The molecule has 0 radical (unpaired) electrons. The van der Waals surface area contributed by atoms with Crippen LogP contribution in [0.1, 0.15) is 16.1 Å². The first-order valence-corrected chi connectivity index (χ1v) is 5.68. The lowest BCUT2D eigenvalue weighted by atomic mass is 10.1. The molecule has 0 aliphatic rings. The van der Waals surface area contributed by atoms with Crippen LogP contribution in [-0.2, 0) is 0 Å². The Morgan fingerprint density at radius 1 is 1.16 bits per heavy atom. The van der Waals surface area contributed by atoms with Gasteiger partial charge in [-0.3, -0.25) is 0 Å². The van der Waals surface area contributed by atoms with Gasteiger partial charge in [0.15, 0.2) is 11.5 Å². The number of carboxylic acids is 1. The number of aromatic nitrogens is 4. The Morgan fingerprint density at radius 3 is 2.74 bits per heavy atom. The SMILES string of the molecule is Cc1ccc2nnc(-c3ccccc3C(=O)O)n2n1. The number of nitrogens with zero attached hydrogens (tertiary/aromatic N) is 4. The number of aromatic carboxylic acids is 1. The summed E-state index contributed by atoms with van der Waals surface area (Å²) in [6, 6.07) is 10.3. The van der Waals surface area contributed by atoms with E-state index >= 15 is 0 Å². The molecule has 0 unspecified atom stereocenters. The summed E-state index contributed by atoms with van der Waals surface area (Å²) in [5, 5.41) is 21.6. The van der Waals surface area contributed by atoms with E-state index < -0.39 is 5.97 Å². The maximum Gasteiger partial charge on any atom is 0.336 e. The number of hydrogen-bond acceptors (Lipinski definition) is 4. The molecular weight excluding hydrogens is 244 g/mol. The predicted octanol–water partition coefficient (Wildman–Crippen LogP) is 1.80. The van der Waals surface area contributed by atoms with Crippen molar-refractivity contribution in [3.05, 3.63) is 47.7 Å². The fourth-order valence-corrected chi connectivity index (χ4v) is 1.91. The van der Waals surface area contributed by atoms with Crippen LogP contribution in [0.5, 0.6) is 0 Å². The zero-order valence-corrected chi connectivity index (χ0v) is 10.1. The molecule has 0 saturated carbocycles. The van der Waals surface area contributed by atoms with E-state index in [1.165, 1.54) is 6.07 Å². The molecule has 1 aromatic carbocycles. The summed E-state index contributed by atoms with van der Waals surface area (Å²) in [5.74, 6) is -0.572. The summed E-state index contributed by atoms with van der Waals surface area (Å²) in [6.07, 6.45) is 0. The summed E-state index contributed by atoms with van der Waals surface area (Å²) in [4.78, 5) is 11.2. The highest BCUT2D eigenvalue weighted by Gasteiger charge is 2.16. The van der Waals surface area contributed by atoms with E-state index in [2.05, 4.69) is 15.3 Å². The fraction of sp³-hybridized carbons (Fsp3) is 0.0769. The smallest absolute Gasteiger partial charge is 0.336 e. The third-order valence-corrected chi connectivity index (χ3v) is 2.79. The molecule has 0 amide bonds. The molecule has 0 bridgehead atoms. The van der Waals surface area contributed by atoms with Crippen molar-refractivity contribution < 1.29 is 9.90 Å². The second-order valence-electron chi connectivity index (χ2n) is 4.12. The van der Waals surface area contributed by atoms with Gasteiger partial charge in [0.1, 0.15) is 0 Å². The average molecular weight is 254 g/mol. The fourth-order valence-electron chi connectivity index (χ4n) is 1.91. The molecule has 0 spiro atoms. The normalized spacial score (nSPS) is 10.8. The number of carboxylic acid groups (broad SMARTS) is 1. The van der Waals surface area contributed by atoms with Gasteiger partial charge in [-0.1, -0.05) is 18.2 Å². The van der Waals surface area contributed by atoms with Crippen molar-refractivity contribution in [2.45, 2.75) is 6.92 Å². The highest BCUT2D eigenvalue weighted by Crippen LogP contribution is 2.22. The van der Waals surface area contributed by atoms with E-state index in [1.54, 1.807) is 28.8 Å². The molecule has 0 atom stereocenters. The zero-order valence-electron chi connectivity index (χ0n) is 10.1. The van der Waals surface area contributed by atoms with Crippen LogP contribution in [0.2, 0.25) is 0 Å². The standard InChI is InChI=1S/C13H10N4O2/c1-8-6-7-11-14-15-12(17(11)16-8)9-4-2-3-5-10(9)13(18)19/h2-7H,1H3,(H,18,19). The molecule has 94 valence electrons. The van der Waals surface area contributed by atoms with Gasteiger partial charge in [-0.15, -0.1) is 10.2 Å². The molecule has 2 aromatic heterocycles. The van der Waals surface area contributed by atoms with E-state index in [-0.39, 0.29) is 5.56 Å². The lowest BCUT2D eigenvalue weighted by Gasteiger charge is -2.03. The zero-order chi connectivity index (χ0) is 13.4. The van der Waals surface area contributed by atoms with E-state index in [0.717, 1.165) is 5.69 Å². The maximum atomic E-state index is 11.2. The van der Waals surface area contributed by atoms with Crippen LogP contribution in [0.15, 0.2) is 36.4 Å². The highest BCUT2D eigenvalue weighted by molar-refractivity contribution is 5.95. The summed E-state index contributed by atoms with van der Waals surface area (Å²) in [5.41, 5.74) is 2.07. The van der Waals surface area contributed by atoms with Gasteiger partial charge in [0.05, 0.1) is 11.3 Å². The molecule has 0 aliphatic carbocycles. The van der Waals surface area contributed by atoms with Crippen LogP contribution in [-0.4, -0.2) is 30.9 Å². The quantitative estimate of drug-likeness (QED) is 0.754. The molecule has 0 saturated heterocycles. The minimum absolute atomic E-state index is 0.181. The molecule has 3 aromatic rings. The Labute approximate surface area is 108 Å². The number of rotatable bonds is 2. The Hall–Kier alpha value is -2.76. The van der Waals surface area contributed by atoms with Crippen molar-refractivity contribution in [3.63, 3.8) is 0 Å². The Balaban J connectivity index is 2.31. The topological polar surface area (TPSA) is 80.4 Å². The van der Waals surface area contributed by atoms with Gasteiger partial charge in [-0.05, 0) is 25.1 Å². The summed E-state index contributed by atoms with van der Waals surface area (Å²) < 4.78 is 1.55. The number of fused-ring (bicyclic) bond motifs is 1. The highest BCUT2D eigenvalue weighted by atomic mass is 16.4. The monoisotopic (exact) mass is 254 g/mol. The van der Waals surface area contributed by atoms with Crippen molar-refractivity contribution in [2.75, 3.05) is 0 Å². The van der Waals surface area contributed by atoms with Gasteiger partial charge in [0, 0.05) is 5.56 Å². The van der Waals surface area contributed by atoms with Gasteiger partial charge >= 0.3 is 5.97 Å². The lowest BCUT2D eigenvalue weighted by Crippen LogP contribution is -2.03. The minimum Gasteiger partial charge on any atom is -0.478 e. The van der Waals surface area contributed by atoms with Crippen LogP contribution in [0.3, 0.4) is 0 Å². The molecule has 2 heterocycles. The van der Waals surface area contributed by atoms with Crippen LogP contribution in [0.4, 0.5) is 0 Å². The summed E-state index contributed by atoms with van der Waals surface area (Å²) >= 11 is 0. The van der Waals surface area contributed by atoms with Gasteiger partial charge in [-0.2, -0.15) is 9.61 Å². The Morgan fingerprint density at radius 2 is 1.95 bits per heavy atom.